The molecule has 0 amide bonds. The van der Waals surface area contributed by atoms with E-state index in [9.17, 15) is 0 Å². The van der Waals surface area contributed by atoms with Gasteiger partial charge in [-0.3, -0.25) is 4.40 Å². The average Bonchev–Trinajstić information content (AvgIpc) is 3.24. The number of imidazole rings is 1. The molecule has 2 aromatic carbocycles. The highest BCUT2D eigenvalue weighted by molar-refractivity contribution is 7.23. The Bertz CT molecular complexity index is 1100. The summed E-state index contributed by atoms with van der Waals surface area (Å²) in [5, 5.41) is 3.52. The fourth-order valence-electron chi connectivity index (χ4n) is 3.23. The molecule has 0 bridgehead atoms. The Hall–Kier alpha value is -2.77. The molecule has 146 valence electrons. The number of nitrogens with zero attached hydrogens (tertiary/aromatic N) is 3. The van der Waals surface area contributed by atoms with Crippen LogP contribution in [-0.2, 0) is 4.74 Å². The van der Waals surface area contributed by atoms with Crippen molar-refractivity contribution in [3.05, 3.63) is 42.5 Å². The van der Waals surface area contributed by atoms with Crippen LogP contribution in [-0.4, -0.2) is 50.9 Å². The average molecular weight is 397 g/mol. The van der Waals surface area contributed by atoms with Crippen LogP contribution in [0.5, 0.6) is 5.75 Å². The van der Waals surface area contributed by atoms with E-state index in [0.29, 0.717) is 13.2 Å². The fraction of sp³-hybridized carbons (Fsp3) is 0.286. The third-order valence-corrected chi connectivity index (χ3v) is 5.71. The molecule has 0 aliphatic rings. The van der Waals surface area contributed by atoms with E-state index in [2.05, 4.69) is 51.0 Å². The third kappa shape index (κ3) is 3.27. The van der Waals surface area contributed by atoms with Crippen molar-refractivity contribution in [1.82, 2.24) is 9.38 Å². The summed E-state index contributed by atoms with van der Waals surface area (Å²) in [6.07, 6.45) is 0. The van der Waals surface area contributed by atoms with E-state index >= 15 is 0 Å². The van der Waals surface area contributed by atoms with Gasteiger partial charge in [-0.2, -0.15) is 0 Å². The summed E-state index contributed by atoms with van der Waals surface area (Å²) in [7, 11) is 7.48. The molecule has 0 saturated heterocycles. The highest BCUT2D eigenvalue weighted by Crippen LogP contribution is 2.37. The lowest BCUT2D eigenvalue weighted by Crippen LogP contribution is -2.10. The third-order valence-electron chi connectivity index (χ3n) is 4.71. The van der Waals surface area contributed by atoms with Crippen molar-refractivity contribution in [3.8, 4) is 17.0 Å². The first-order valence-electron chi connectivity index (χ1n) is 9.12. The second kappa shape index (κ2) is 7.69. The Kier molecular flexibility index (Phi) is 5.11. The second-order valence-corrected chi connectivity index (χ2v) is 7.73. The molecule has 0 aliphatic carbocycles. The lowest BCUT2D eigenvalue weighted by Gasteiger charge is -2.13. The summed E-state index contributed by atoms with van der Waals surface area (Å²) in [6.45, 7) is 1.34. The van der Waals surface area contributed by atoms with Gasteiger partial charge in [0.05, 0.1) is 23.9 Å². The molecule has 2 heterocycles. The molecule has 0 aliphatic heterocycles. The van der Waals surface area contributed by atoms with Crippen molar-refractivity contribution in [1.29, 1.82) is 0 Å². The molecule has 0 fully saturated rings. The predicted octanol–water partition coefficient (Wildman–Crippen LogP) is 4.35. The van der Waals surface area contributed by atoms with Gasteiger partial charge in [0.1, 0.15) is 17.3 Å². The summed E-state index contributed by atoms with van der Waals surface area (Å²) in [5.74, 6) is 1.84. The van der Waals surface area contributed by atoms with Gasteiger partial charge in [0.25, 0.3) is 0 Å². The van der Waals surface area contributed by atoms with Crippen molar-refractivity contribution in [2.75, 3.05) is 51.7 Å². The molecule has 7 heteroatoms. The van der Waals surface area contributed by atoms with Crippen LogP contribution in [0.2, 0.25) is 0 Å². The predicted molar refractivity (Wildman–Crippen MR) is 117 cm³/mol. The number of anilines is 2. The van der Waals surface area contributed by atoms with E-state index in [1.165, 1.54) is 0 Å². The zero-order valence-corrected chi connectivity index (χ0v) is 17.3. The van der Waals surface area contributed by atoms with Crippen molar-refractivity contribution >= 4 is 38.0 Å². The Balaban J connectivity index is 1.86. The van der Waals surface area contributed by atoms with Crippen molar-refractivity contribution < 1.29 is 9.47 Å². The largest absolute Gasteiger partial charge is 0.497 e. The first kappa shape index (κ1) is 18.6. The van der Waals surface area contributed by atoms with E-state index < -0.39 is 0 Å². The van der Waals surface area contributed by atoms with Crippen molar-refractivity contribution in [2.45, 2.75) is 0 Å². The smallest absolute Gasteiger partial charge is 0.197 e. The molecule has 2 aromatic heterocycles. The van der Waals surface area contributed by atoms with Gasteiger partial charge < -0.3 is 19.7 Å². The van der Waals surface area contributed by atoms with Crippen LogP contribution in [0, 0.1) is 0 Å². The van der Waals surface area contributed by atoms with Gasteiger partial charge in [-0.15, -0.1) is 0 Å². The van der Waals surface area contributed by atoms with Crippen LogP contribution in [0.4, 0.5) is 11.5 Å². The quantitative estimate of drug-likeness (QED) is 0.471. The summed E-state index contributed by atoms with van der Waals surface area (Å²) in [4.78, 5) is 8.00. The number of benzene rings is 2. The maximum absolute atomic E-state index is 5.37. The number of fused-ring (bicyclic) bond motifs is 3. The summed E-state index contributed by atoms with van der Waals surface area (Å²) < 4.78 is 13.9. The zero-order chi connectivity index (χ0) is 19.7. The van der Waals surface area contributed by atoms with E-state index in [0.717, 1.165) is 43.7 Å². The first-order valence-corrected chi connectivity index (χ1v) is 9.93. The van der Waals surface area contributed by atoms with Crippen molar-refractivity contribution in [2.24, 2.45) is 0 Å². The molecule has 1 N–H and O–H groups in total. The van der Waals surface area contributed by atoms with Gasteiger partial charge >= 0.3 is 0 Å². The molecular weight excluding hydrogens is 372 g/mol. The second-order valence-electron chi connectivity index (χ2n) is 6.72. The Morgan fingerprint density at radius 3 is 2.57 bits per heavy atom. The highest BCUT2D eigenvalue weighted by Gasteiger charge is 2.18. The molecule has 0 spiro atoms. The molecule has 6 nitrogen and oxygen atoms in total. The van der Waals surface area contributed by atoms with E-state index in [1.807, 2.05) is 20.2 Å². The van der Waals surface area contributed by atoms with Crippen LogP contribution in [0.3, 0.4) is 0 Å². The van der Waals surface area contributed by atoms with Crippen LogP contribution in [0.15, 0.2) is 42.5 Å². The van der Waals surface area contributed by atoms with Crippen molar-refractivity contribution in [3.63, 3.8) is 0 Å². The number of hydrogen-bond donors (Lipinski definition) is 1. The first-order chi connectivity index (χ1) is 13.6. The van der Waals surface area contributed by atoms with Gasteiger partial charge in [-0.1, -0.05) is 23.5 Å². The van der Waals surface area contributed by atoms with E-state index in [4.69, 9.17) is 14.5 Å². The summed E-state index contributed by atoms with van der Waals surface area (Å²) in [6, 6.07) is 14.6. The van der Waals surface area contributed by atoms with Crippen LogP contribution in [0.25, 0.3) is 26.4 Å². The monoisotopic (exact) mass is 396 g/mol. The number of nitrogens with one attached hydrogen (secondary N) is 1. The van der Waals surface area contributed by atoms with E-state index in [1.54, 1.807) is 25.6 Å². The Labute approximate surface area is 168 Å². The minimum atomic E-state index is 0.627. The number of hydrogen-bond acceptors (Lipinski definition) is 6. The minimum absolute atomic E-state index is 0.627. The minimum Gasteiger partial charge on any atom is -0.497 e. The topological polar surface area (TPSA) is 51.0 Å². The number of rotatable bonds is 7. The van der Waals surface area contributed by atoms with Gasteiger partial charge in [-0.25, -0.2) is 4.98 Å². The lowest BCUT2D eigenvalue weighted by molar-refractivity contribution is 0.210. The van der Waals surface area contributed by atoms with Crippen LogP contribution >= 0.6 is 11.3 Å². The molecule has 0 saturated carbocycles. The maximum Gasteiger partial charge on any atom is 0.197 e. The number of methoxy groups -OCH3 is 2. The Morgan fingerprint density at radius 2 is 1.89 bits per heavy atom. The molecule has 4 aromatic rings. The molecular formula is C21H24N4O2S. The Morgan fingerprint density at radius 1 is 1.11 bits per heavy atom. The molecule has 0 radical (unpaired) electrons. The number of ether oxygens (including phenoxy) is 2. The fourth-order valence-corrected chi connectivity index (χ4v) is 4.28. The SMILES string of the molecule is COCCNc1c(-c2ccc(N(C)C)cc2)nc2sc3cc(OC)ccc3n12. The molecule has 28 heavy (non-hydrogen) atoms. The standard InChI is InChI=1S/C21H24N4O2S/c1-24(2)15-7-5-14(6-8-15)19-20(22-11-12-26-3)25-17-10-9-16(27-4)13-18(17)28-21(25)23-19/h5-10,13,22H,11-12H2,1-4H3. The maximum atomic E-state index is 5.37. The normalized spacial score (nSPS) is 11.3. The van der Waals surface area contributed by atoms with Gasteiger partial charge in [0, 0.05) is 39.0 Å². The summed E-state index contributed by atoms with van der Waals surface area (Å²) in [5.41, 5.74) is 4.31. The van der Waals surface area contributed by atoms with E-state index in [-0.39, 0.29) is 0 Å². The van der Waals surface area contributed by atoms with Gasteiger partial charge in [0.15, 0.2) is 4.96 Å². The van der Waals surface area contributed by atoms with Crippen LogP contribution in [0.1, 0.15) is 0 Å². The van der Waals surface area contributed by atoms with Crippen LogP contribution < -0.4 is 15.0 Å². The summed E-state index contributed by atoms with van der Waals surface area (Å²) >= 11 is 1.66. The van der Waals surface area contributed by atoms with Gasteiger partial charge in [0.2, 0.25) is 0 Å². The van der Waals surface area contributed by atoms with Gasteiger partial charge in [-0.05, 0) is 30.3 Å². The number of thiazole rings is 1. The number of aromatic nitrogens is 2. The lowest BCUT2D eigenvalue weighted by atomic mass is 10.1. The molecule has 0 atom stereocenters. The molecule has 4 rings (SSSR count). The highest BCUT2D eigenvalue weighted by atomic mass is 32.1. The zero-order valence-electron chi connectivity index (χ0n) is 16.5. The molecule has 0 unspecified atom stereocenters.